The highest BCUT2D eigenvalue weighted by atomic mass is 16.5. The van der Waals surface area contributed by atoms with Crippen molar-refractivity contribution in [3.63, 3.8) is 0 Å². The molecule has 3 heterocycles. The van der Waals surface area contributed by atoms with Crippen molar-refractivity contribution in [2.45, 2.75) is 12.8 Å². The van der Waals surface area contributed by atoms with Crippen molar-refractivity contribution < 1.29 is 19.1 Å². The van der Waals surface area contributed by atoms with Gasteiger partial charge in [0.15, 0.2) is 5.82 Å². The van der Waals surface area contributed by atoms with E-state index in [0.29, 0.717) is 12.4 Å². The molecule has 186 valence electrons. The summed E-state index contributed by atoms with van der Waals surface area (Å²) >= 11 is 0. The van der Waals surface area contributed by atoms with E-state index >= 15 is 0 Å². The molecule has 1 fully saturated rings. The number of amides is 3. The maximum atomic E-state index is 12.7. The topological polar surface area (TPSA) is 91.7 Å². The van der Waals surface area contributed by atoms with Gasteiger partial charge in [-0.3, -0.25) is 9.80 Å². The molecule has 0 unspecified atom stereocenters. The molecule has 1 aliphatic rings. The van der Waals surface area contributed by atoms with E-state index in [-0.39, 0.29) is 0 Å². The zero-order valence-electron chi connectivity index (χ0n) is 20.2. The highest BCUT2D eigenvalue weighted by Gasteiger charge is 2.22. The lowest BCUT2D eigenvalue weighted by Crippen LogP contribution is -2.47. The minimum atomic E-state index is -0.795. The molecule has 35 heavy (non-hydrogen) atoms. The summed E-state index contributed by atoms with van der Waals surface area (Å²) in [6.45, 7) is 5.20. The van der Waals surface area contributed by atoms with E-state index in [4.69, 9.17) is 4.74 Å². The van der Waals surface area contributed by atoms with Crippen molar-refractivity contribution in [2.75, 3.05) is 63.3 Å². The Balaban J connectivity index is 1.30. The van der Waals surface area contributed by atoms with Gasteiger partial charge in [-0.05, 0) is 43.7 Å². The van der Waals surface area contributed by atoms with Gasteiger partial charge in [-0.1, -0.05) is 18.2 Å². The number of methoxy groups -OCH3 is 2. The van der Waals surface area contributed by atoms with Gasteiger partial charge in [-0.2, -0.15) is 0 Å². The summed E-state index contributed by atoms with van der Waals surface area (Å²) < 4.78 is 11.8. The predicted octanol–water partition coefficient (Wildman–Crippen LogP) is 3.23. The third-order valence-electron chi connectivity index (χ3n) is 6.18. The third-order valence-corrected chi connectivity index (χ3v) is 6.18. The molecule has 0 bridgehead atoms. The van der Waals surface area contributed by atoms with E-state index in [1.807, 2.05) is 48.7 Å². The summed E-state index contributed by atoms with van der Waals surface area (Å²) in [5.41, 5.74) is 2.00. The standard InChI is InChI=1S/C25H32N6O4/c1-34-22-11-4-3-10-21(22)29-17-15-28(16-18-29)12-7-8-13-30(24(32)26-25(33)35-2)23-19-20-9-5-6-14-31(20)27-23/h3-6,9-11,14,19H,7-8,12-13,15-18H2,1-2H3,(H,26,32,33). The van der Waals surface area contributed by atoms with Crippen LogP contribution in [-0.4, -0.2) is 80.1 Å². The van der Waals surface area contributed by atoms with E-state index in [1.54, 1.807) is 11.6 Å². The minimum absolute atomic E-state index is 0.438. The molecule has 1 aromatic carbocycles. The SMILES string of the molecule is COC(=O)NC(=O)N(CCCCN1CCN(c2ccccc2OC)CC1)c1cc2ccccn2n1. The molecule has 10 heteroatoms. The highest BCUT2D eigenvalue weighted by Crippen LogP contribution is 2.28. The number of anilines is 2. The number of carbonyl (C=O) groups is 2. The smallest absolute Gasteiger partial charge is 0.415 e. The molecule has 0 saturated carbocycles. The van der Waals surface area contributed by atoms with Crippen molar-refractivity contribution >= 4 is 29.1 Å². The van der Waals surface area contributed by atoms with Gasteiger partial charge in [0.25, 0.3) is 0 Å². The summed E-state index contributed by atoms with van der Waals surface area (Å²) in [6.07, 6.45) is 2.72. The number of piperazine rings is 1. The van der Waals surface area contributed by atoms with Crippen LogP contribution in [0.15, 0.2) is 54.7 Å². The molecule has 3 amide bonds. The molecule has 1 N–H and O–H groups in total. The summed E-state index contributed by atoms with van der Waals surface area (Å²) in [5, 5.41) is 6.73. The fourth-order valence-electron chi connectivity index (χ4n) is 4.29. The van der Waals surface area contributed by atoms with Crippen LogP contribution in [0.25, 0.3) is 5.52 Å². The van der Waals surface area contributed by atoms with Crippen LogP contribution in [-0.2, 0) is 4.74 Å². The monoisotopic (exact) mass is 480 g/mol. The van der Waals surface area contributed by atoms with Gasteiger partial charge >= 0.3 is 12.1 Å². The van der Waals surface area contributed by atoms with Gasteiger partial charge in [-0.25, -0.2) is 19.4 Å². The summed E-state index contributed by atoms with van der Waals surface area (Å²) in [5.74, 6) is 1.39. The van der Waals surface area contributed by atoms with Crippen LogP contribution in [0.5, 0.6) is 5.75 Å². The Hall–Kier alpha value is -3.79. The Labute approximate surface area is 205 Å². The molecule has 4 rings (SSSR count). The molecule has 0 spiro atoms. The van der Waals surface area contributed by atoms with Crippen LogP contribution in [0, 0.1) is 0 Å². The number of benzene rings is 1. The van der Waals surface area contributed by atoms with Gasteiger partial charge in [0.2, 0.25) is 0 Å². The Morgan fingerprint density at radius 2 is 1.80 bits per heavy atom. The predicted molar refractivity (Wildman–Crippen MR) is 134 cm³/mol. The highest BCUT2D eigenvalue weighted by molar-refractivity contribution is 6.00. The van der Waals surface area contributed by atoms with Crippen LogP contribution in [0.2, 0.25) is 0 Å². The second kappa shape index (κ2) is 11.6. The van der Waals surface area contributed by atoms with Gasteiger partial charge in [0, 0.05) is 45.0 Å². The molecular weight excluding hydrogens is 448 g/mol. The van der Waals surface area contributed by atoms with Gasteiger partial charge in [0.1, 0.15) is 5.75 Å². The first kappa shape index (κ1) is 24.3. The number of rotatable bonds is 8. The number of fused-ring (bicyclic) bond motifs is 1. The molecule has 0 radical (unpaired) electrons. The van der Waals surface area contributed by atoms with Gasteiger partial charge < -0.3 is 14.4 Å². The number of hydrogen-bond acceptors (Lipinski definition) is 7. The number of nitrogens with zero attached hydrogens (tertiary/aromatic N) is 5. The lowest BCUT2D eigenvalue weighted by Gasteiger charge is -2.36. The van der Waals surface area contributed by atoms with Crippen LogP contribution in [0.1, 0.15) is 12.8 Å². The lowest BCUT2D eigenvalue weighted by molar-refractivity contribution is 0.171. The van der Waals surface area contributed by atoms with Crippen LogP contribution in [0.4, 0.5) is 21.1 Å². The van der Waals surface area contributed by atoms with Crippen LogP contribution >= 0.6 is 0 Å². The largest absolute Gasteiger partial charge is 0.495 e. The first-order valence-corrected chi connectivity index (χ1v) is 11.8. The number of alkyl carbamates (subject to hydrolysis) is 1. The van der Waals surface area contributed by atoms with Crippen LogP contribution in [0.3, 0.4) is 0 Å². The molecule has 1 saturated heterocycles. The fraction of sp³-hybridized carbons (Fsp3) is 0.400. The first-order valence-electron chi connectivity index (χ1n) is 11.8. The number of aromatic nitrogens is 2. The van der Waals surface area contributed by atoms with Crippen LogP contribution < -0.4 is 19.9 Å². The Bertz CT molecular complexity index is 1110. The van der Waals surface area contributed by atoms with Crippen molar-refractivity contribution in [3.05, 3.63) is 54.7 Å². The van der Waals surface area contributed by atoms with E-state index in [0.717, 1.165) is 62.5 Å². The first-order chi connectivity index (χ1) is 17.1. The van der Waals surface area contributed by atoms with E-state index < -0.39 is 12.1 Å². The summed E-state index contributed by atoms with van der Waals surface area (Å²) in [6, 6.07) is 15.1. The Morgan fingerprint density at radius 1 is 1.03 bits per heavy atom. The Kier molecular flexibility index (Phi) is 8.04. The maximum Gasteiger partial charge on any atom is 0.415 e. The second-order valence-corrected chi connectivity index (χ2v) is 8.35. The molecule has 0 atom stereocenters. The van der Waals surface area contributed by atoms with Crippen molar-refractivity contribution in [3.8, 4) is 5.75 Å². The zero-order valence-corrected chi connectivity index (χ0v) is 20.2. The average molecular weight is 481 g/mol. The molecule has 2 aromatic heterocycles. The second-order valence-electron chi connectivity index (χ2n) is 8.35. The quantitative estimate of drug-likeness (QED) is 0.495. The molecule has 10 nitrogen and oxygen atoms in total. The van der Waals surface area contributed by atoms with E-state index in [9.17, 15) is 9.59 Å². The summed E-state index contributed by atoms with van der Waals surface area (Å²) in [4.78, 5) is 30.6. The average Bonchev–Trinajstić information content (AvgIpc) is 3.32. The number of hydrogen-bond donors (Lipinski definition) is 1. The van der Waals surface area contributed by atoms with Crippen molar-refractivity contribution in [1.29, 1.82) is 0 Å². The van der Waals surface area contributed by atoms with Crippen molar-refractivity contribution in [2.24, 2.45) is 0 Å². The van der Waals surface area contributed by atoms with Gasteiger partial charge in [-0.15, -0.1) is 5.10 Å². The number of imide groups is 1. The van der Waals surface area contributed by atoms with Gasteiger partial charge in [0.05, 0.1) is 25.4 Å². The number of carbonyl (C=O) groups excluding carboxylic acids is 2. The number of pyridine rings is 1. The number of nitrogens with one attached hydrogen (secondary N) is 1. The maximum absolute atomic E-state index is 12.7. The van der Waals surface area contributed by atoms with E-state index in [2.05, 4.69) is 31.0 Å². The number of unbranched alkanes of at least 4 members (excludes halogenated alkanes) is 1. The minimum Gasteiger partial charge on any atom is -0.495 e. The van der Waals surface area contributed by atoms with Crippen molar-refractivity contribution in [1.82, 2.24) is 19.8 Å². The number of urea groups is 1. The third kappa shape index (κ3) is 6.02. The molecule has 3 aromatic rings. The normalized spacial score (nSPS) is 14.1. The number of ether oxygens (including phenoxy) is 2. The Morgan fingerprint density at radius 3 is 2.54 bits per heavy atom. The molecular formula is C25H32N6O4. The number of para-hydroxylation sites is 2. The molecule has 1 aliphatic heterocycles. The zero-order chi connectivity index (χ0) is 24.6. The molecule has 0 aliphatic carbocycles. The summed E-state index contributed by atoms with van der Waals surface area (Å²) in [7, 11) is 2.93. The van der Waals surface area contributed by atoms with E-state index in [1.165, 1.54) is 12.0 Å². The lowest BCUT2D eigenvalue weighted by atomic mass is 10.2. The fourth-order valence-corrected chi connectivity index (χ4v) is 4.29.